The standard InChI is InChI=1S/C33H31N5O11/c1-13(39)45-12-19-26(46-14(2)40)27(47-15(3)41)28(48-16(4)42)33(49-19)38-25-21(18-9-7-11-35-30(18)38)23-22(31(43)37(5)32(23)44)20-17-8-6-10-34-29(17)36-24(20)25/h6-7,9-11,19,26-28,30,33H,8,12H2,1-5H3,(H,34,36)/t19-,26-,27+,28-,30?,33-/m1/s1. The van der Waals surface area contributed by atoms with Gasteiger partial charge in [-0.1, -0.05) is 12.2 Å². The third kappa shape index (κ3) is 5.01. The van der Waals surface area contributed by atoms with Crippen LogP contribution in [0.15, 0.2) is 34.4 Å². The maximum Gasteiger partial charge on any atom is 0.303 e. The summed E-state index contributed by atoms with van der Waals surface area (Å²) in [6.45, 7) is 4.19. The number of fused-ring (bicyclic) bond motifs is 9. The summed E-state index contributed by atoms with van der Waals surface area (Å²) in [5, 5.41) is 0.894. The summed E-state index contributed by atoms with van der Waals surface area (Å²) in [6, 6.07) is 0. The zero-order valence-corrected chi connectivity index (χ0v) is 27.0. The molecule has 0 bridgehead atoms. The number of rotatable bonds is 6. The Hall–Kier alpha value is -5.64. The summed E-state index contributed by atoms with van der Waals surface area (Å²) in [6.07, 6.45) is 1.12. The molecule has 1 aromatic heterocycles. The molecule has 1 N–H and O–H groups in total. The highest BCUT2D eigenvalue weighted by atomic mass is 16.7. The fourth-order valence-corrected chi connectivity index (χ4v) is 7.17. The number of allylic oxidation sites excluding steroid dienone is 2. The number of hydrogen-bond donors (Lipinski definition) is 1. The van der Waals surface area contributed by atoms with Gasteiger partial charge < -0.3 is 33.6 Å². The Balaban J connectivity index is 1.52. The minimum absolute atomic E-state index is 0.168. The molecule has 254 valence electrons. The number of benzene rings is 1. The third-order valence-corrected chi connectivity index (χ3v) is 8.89. The monoisotopic (exact) mass is 673 g/mol. The average molecular weight is 674 g/mol. The topological polar surface area (TPSA) is 196 Å². The molecule has 0 radical (unpaired) electrons. The van der Waals surface area contributed by atoms with E-state index >= 15 is 0 Å². The Bertz CT molecular complexity index is 2100. The number of amides is 2. The number of aliphatic imine (C=N–C) groups is 1. The molecule has 5 aliphatic rings. The minimum Gasteiger partial charge on any atom is -0.463 e. The molecule has 16 nitrogen and oxygen atoms in total. The molecule has 6 heterocycles. The van der Waals surface area contributed by atoms with Crippen molar-refractivity contribution >= 4 is 64.1 Å². The van der Waals surface area contributed by atoms with Crippen molar-refractivity contribution in [3.8, 4) is 0 Å². The van der Waals surface area contributed by atoms with E-state index in [1.54, 1.807) is 29.5 Å². The Morgan fingerprint density at radius 1 is 0.939 bits per heavy atom. The number of nitrogens with one attached hydrogen (secondary N) is 1. The van der Waals surface area contributed by atoms with Crippen LogP contribution in [0.25, 0.3) is 16.5 Å². The van der Waals surface area contributed by atoms with Crippen molar-refractivity contribution in [1.82, 2.24) is 9.88 Å². The number of dihydropyridines is 1. The van der Waals surface area contributed by atoms with Gasteiger partial charge in [0.2, 0.25) is 0 Å². The van der Waals surface area contributed by atoms with Gasteiger partial charge in [-0.15, -0.1) is 0 Å². The van der Waals surface area contributed by atoms with Gasteiger partial charge in [-0.2, -0.15) is 0 Å². The predicted octanol–water partition coefficient (Wildman–Crippen LogP) is 0.104. The second-order valence-electron chi connectivity index (χ2n) is 12.0. The molecule has 2 aromatic rings. The lowest BCUT2D eigenvalue weighted by Crippen LogP contribution is -2.67. The van der Waals surface area contributed by atoms with Crippen molar-refractivity contribution < 1.29 is 52.5 Å². The van der Waals surface area contributed by atoms with Gasteiger partial charge in [0, 0.05) is 68.9 Å². The first kappa shape index (κ1) is 31.9. The SMILES string of the molecule is CC(=O)OC[C@H]1O[C@@H](N2c3c(c4c(c5c6c([nH]c35)=NC=CC6)C(=O)N(C)C4=O)=C3C=CC=NC32)[C@H](OC(C)=O)[C@@H](OC(C)=O)[C@@H]1OC(C)=O. The summed E-state index contributed by atoms with van der Waals surface area (Å²) < 4.78 is 29.0. The Morgan fingerprint density at radius 2 is 1.61 bits per heavy atom. The van der Waals surface area contributed by atoms with Crippen LogP contribution in [-0.4, -0.2) is 102 Å². The Kier molecular flexibility index (Phi) is 7.69. The van der Waals surface area contributed by atoms with Gasteiger partial charge in [-0.3, -0.25) is 38.7 Å². The molecule has 7 rings (SSSR count). The zero-order valence-electron chi connectivity index (χ0n) is 27.0. The van der Waals surface area contributed by atoms with Crippen LogP contribution in [0.5, 0.6) is 0 Å². The molecule has 0 saturated carbocycles. The maximum atomic E-state index is 13.9. The second-order valence-corrected chi connectivity index (χ2v) is 12.0. The van der Waals surface area contributed by atoms with Crippen LogP contribution in [0.1, 0.15) is 54.0 Å². The van der Waals surface area contributed by atoms with Crippen LogP contribution in [0.3, 0.4) is 0 Å². The summed E-state index contributed by atoms with van der Waals surface area (Å²) in [5.74, 6) is -3.97. The van der Waals surface area contributed by atoms with E-state index in [1.165, 1.54) is 14.0 Å². The van der Waals surface area contributed by atoms with E-state index in [0.29, 0.717) is 44.9 Å². The average Bonchev–Trinajstić information content (AvgIpc) is 3.66. The summed E-state index contributed by atoms with van der Waals surface area (Å²) in [4.78, 5) is 92.4. The van der Waals surface area contributed by atoms with Crippen LogP contribution in [0.2, 0.25) is 0 Å². The fraction of sp³-hybridized carbons (Fsp3) is 0.394. The first-order chi connectivity index (χ1) is 23.4. The molecule has 1 aromatic carbocycles. The highest BCUT2D eigenvalue weighted by molar-refractivity contribution is 6.29. The van der Waals surface area contributed by atoms with E-state index in [2.05, 4.69) is 9.98 Å². The molecule has 49 heavy (non-hydrogen) atoms. The Morgan fingerprint density at radius 3 is 2.31 bits per heavy atom. The van der Waals surface area contributed by atoms with Gasteiger partial charge in [0.05, 0.1) is 22.3 Å². The molecular weight excluding hydrogens is 642 g/mol. The molecule has 6 atom stereocenters. The van der Waals surface area contributed by atoms with Crippen molar-refractivity contribution in [2.24, 2.45) is 9.98 Å². The normalized spacial score (nSPS) is 26.2. The first-order valence-electron chi connectivity index (χ1n) is 15.5. The van der Waals surface area contributed by atoms with Gasteiger partial charge in [0.1, 0.15) is 24.4 Å². The lowest BCUT2D eigenvalue weighted by Gasteiger charge is -2.48. The molecular formula is C33H31N5O11. The van der Waals surface area contributed by atoms with Gasteiger partial charge in [0.15, 0.2) is 24.5 Å². The molecule has 0 spiro atoms. The van der Waals surface area contributed by atoms with E-state index < -0.39 is 79.1 Å². The lowest BCUT2D eigenvalue weighted by molar-refractivity contribution is -0.252. The zero-order chi connectivity index (χ0) is 34.9. The van der Waals surface area contributed by atoms with Crippen LogP contribution >= 0.6 is 0 Å². The molecule has 5 aliphatic heterocycles. The van der Waals surface area contributed by atoms with E-state index in [-0.39, 0.29) is 11.1 Å². The number of aromatic nitrogens is 1. The molecule has 1 saturated heterocycles. The third-order valence-electron chi connectivity index (χ3n) is 8.89. The van der Waals surface area contributed by atoms with E-state index in [0.717, 1.165) is 25.7 Å². The fourth-order valence-electron chi connectivity index (χ4n) is 7.17. The number of hydrogen-bond acceptors (Lipinski definition) is 14. The largest absolute Gasteiger partial charge is 0.463 e. The number of anilines is 1. The number of esters is 4. The summed E-state index contributed by atoms with van der Waals surface area (Å²) in [5.41, 5.74) is 2.96. The van der Waals surface area contributed by atoms with Gasteiger partial charge >= 0.3 is 23.9 Å². The van der Waals surface area contributed by atoms with E-state index in [9.17, 15) is 28.8 Å². The van der Waals surface area contributed by atoms with Crippen molar-refractivity contribution in [1.29, 1.82) is 0 Å². The molecule has 16 heteroatoms. The molecule has 2 amide bonds. The highest BCUT2D eigenvalue weighted by Gasteiger charge is 2.57. The van der Waals surface area contributed by atoms with Crippen LogP contribution < -0.4 is 15.6 Å². The second kappa shape index (κ2) is 11.8. The summed E-state index contributed by atoms with van der Waals surface area (Å²) >= 11 is 0. The van der Waals surface area contributed by atoms with Gasteiger partial charge in [-0.05, 0) is 12.5 Å². The van der Waals surface area contributed by atoms with Gasteiger partial charge in [0.25, 0.3) is 11.8 Å². The van der Waals surface area contributed by atoms with E-state index in [1.807, 2.05) is 6.08 Å². The number of aromatic amines is 1. The number of H-pyrrole nitrogens is 1. The van der Waals surface area contributed by atoms with Crippen molar-refractivity contribution in [3.63, 3.8) is 0 Å². The smallest absolute Gasteiger partial charge is 0.303 e. The lowest BCUT2D eigenvalue weighted by atomic mass is 9.94. The van der Waals surface area contributed by atoms with Crippen molar-refractivity contribution in [2.45, 2.75) is 70.9 Å². The molecule has 1 unspecified atom stereocenters. The number of carbonyl (C=O) groups excluding carboxylic acids is 6. The summed E-state index contributed by atoms with van der Waals surface area (Å²) in [7, 11) is 1.41. The Labute approximate surface area is 277 Å². The number of ether oxygens (including phenoxy) is 5. The minimum atomic E-state index is -1.45. The van der Waals surface area contributed by atoms with Crippen LogP contribution in [-0.2, 0) is 49.3 Å². The van der Waals surface area contributed by atoms with Crippen molar-refractivity contribution in [3.05, 3.63) is 51.8 Å². The van der Waals surface area contributed by atoms with Crippen LogP contribution in [0.4, 0.5) is 5.69 Å². The van der Waals surface area contributed by atoms with Crippen LogP contribution in [0, 0.1) is 0 Å². The highest BCUT2D eigenvalue weighted by Crippen LogP contribution is 2.44. The van der Waals surface area contributed by atoms with Gasteiger partial charge in [-0.25, -0.2) is 4.99 Å². The molecule has 0 aliphatic carbocycles. The number of nitrogens with zero attached hydrogens (tertiary/aromatic N) is 4. The maximum absolute atomic E-state index is 13.9. The number of carbonyl (C=O) groups is 6. The van der Waals surface area contributed by atoms with Crippen molar-refractivity contribution in [2.75, 3.05) is 18.6 Å². The quantitative estimate of drug-likeness (QED) is 0.247. The first-order valence-corrected chi connectivity index (χ1v) is 15.5. The molecule has 1 fully saturated rings. The van der Waals surface area contributed by atoms with E-state index in [4.69, 9.17) is 28.7 Å². The number of imide groups is 1. The predicted molar refractivity (Wildman–Crippen MR) is 168 cm³/mol.